The van der Waals surface area contributed by atoms with E-state index in [2.05, 4.69) is 0 Å². The van der Waals surface area contributed by atoms with Crippen molar-refractivity contribution >= 4 is 17.4 Å². The number of hydrogen-bond donors (Lipinski definition) is 0. The van der Waals surface area contributed by atoms with Gasteiger partial charge in [0.25, 0.3) is 0 Å². The molecule has 0 aliphatic heterocycles. The zero-order valence-electron chi connectivity index (χ0n) is 10.4. The van der Waals surface area contributed by atoms with Gasteiger partial charge in [-0.3, -0.25) is 4.79 Å². The number of aryl methyl sites for hydroxylation is 1. The molecule has 0 fully saturated rings. The Kier molecular flexibility index (Phi) is 4.69. The third-order valence-electron chi connectivity index (χ3n) is 2.96. The average molecular weight is 277 g/mol. The van der Waals surface area contributed by atoms with Gasteiger partial charge in [0.15, 0.2) is 5.78 Å². The Morgan fingerprint density at radius 2 is 1.84 bits per heavy atom. The van der Waals surface area contributed by atoms with E-state index >= 15 is 0 Å². The molecule has 0 N–H and O–H groups in total. The Labute approximate surface area is 117 Å². The van der Waals surface area contributed by atoms with Crippen LogP contribution in [0.15, 0.2) is 48.5 Å². The molecule has 0 aromatic heterocycles. The Bertz CT molecular complexity index is 566. The van der Waals surface area contributed by atoms with Crippen molar-refractivity contribution in [3.8, 4) is 0 Å². The fraction of sp³-hybridized carbons (Fsp3) is 0.188. The molecule has 2 aromatic carbocycles. The third kappa shape index (κ3) is 3.90. The molecule has 0 radical (unpaired) electrons. The maximum Gasteiger partial charge on any atom is 0.162 e. The van der Waals surface area contributed by atoms with Crippen LogP contribution in [-0.4, -0.2) is 5.78 Å². The second kappa shape index (κ2) is 6.48. The molecule has 0 unspecified atom stereocenters. The quantitative estimate of drug-likeness (QED) is 0.725. The zero-order chi connectivity index (χ0) is 13.7. The minimum Gasteiger partial charge on any atom is -0.294 e. The number of carbonyl (C=O) groups is 1. The Hall–Kier alpha value is -1.67. The molecule has 3 heteroatoms. The van der Waals surface area contributed by atoms with Crippen molar-refractivity contribution < 1.29 is 9.18 Å². The predicted octanol–water partition coefficient (Wildman–Crippen LogP) is 4.68. The van der Waals surface area contributed by atoms with E-state index < -0.39 is 0 Å². The lowest BCUT2D eigenvalue weighted by Crippen LogP contribution is -2.00. The first-order valence-electron chi connectivity index (χ1n) is 6.19. The first-order chi connectivity index (χ1) is 9.16. The lowest BCUT2D eigenvalue weighted by atomic mass is 10.0. The van der Waals surface area contributed by atoms with Crippen LogP contribution in [0.25, 0.3) is 0 Å². The molecule has 1 nitrogen and oxygen atoms in total. The summed E-state index contributed by atoms with van der Waals surface area (Å²) in [6.07, 6.45) is 1.60. The number of carbonyl (C=O) groups excluding carboxylic acids is 1. The van der Waals surface area contributed by atoms with Crippen molar-refractivity contribution in [1.82, 2.24) is 0 Å². The summed E-state index contributed by atoms with van der Waals surface area (Å²) in [7, 11) is 0. The number of Topliss-reactive ketones (excluding diaryl/α,β-unsaturated/α-hetero) is 1. The van der Waals surface area contributed by atoms with Crippen LogP contribution in [0, 0.1) is 5.82 Å². The molecule has 0 heterocycles. The van der Waals surface area contributed by atoms with Crippen LogP contribution in [0.3, 0.4) is 0 Å². The van der Waals surface area contributed by atoms with Crippen LogP contribution in [0.1, 0.15) is 28.8 Å². The highest BCUT2D eigenvalue weighted by Crippen LogP contribution is 2.17. The SMILES string of the molecule is O=C(CCCc1ccc(Cl)cc1F)c1ccccc1. The van der Waals surface area contributed by atoms with Gasteiger partial charge in [0, 0.05) is 17.0 Å². The van der Waals surface area contributed by atoms with Gasteiger partial charge in [0.2, 0.25) is 0 Å². The largest absolute Gasteiger partial charge is 0.294 e. The van der Waals surface area contributed by atoms with E-state index in [1.54, 1.807) is 24.3 Å². The Morgan fingerprint density at radius 1 is 1.11 bits per heavy atom. The lowest BCUT2D eigenvalue weighted by molar-refractivity contribution is 0.0980. The molecule has 2 rings (SSSR count). The van der Waals surface area contributed by atoms with Crippen LogP contribution in [0.5, 0.6) is 0 Å². The molecule has 19 heavy (non-hydrogen) atoms. The zero-order valence-corrected chi connectivity index (χ0v) is 11.2. The van der Waals surface area contributed by atoms with Crippen molar-refractivity contribution in [3.63, 3.8) is 0 Å². The van der Waals surface area contributed by atoms with Gasteiger partial charge >= 0.3 is 0 Å². The van der Waals surface area contributed by atoms with E-state index in [1.807, 2.05) is 18.2 Å². The summed E-state index contributed by atoms with van der Waals surface area (Å²) >= 11 is 5.69. The highest BCUT2D eigenvalue weighted by molar-refractivity contribution is 6.30. The van der Waals surface area contributed by atoms with Gasteiger partial charge in [0.05, 0.1) is 0 Å². The summed E-state index contributed by atoms with van der Waals surface area (Å²) in [5, 5.41) is 0.390. The van der Waals surface area contributed by atoms with Gasteiger partial charge < -0.3 is 0 Å². The maximum atomic E-state index is 13.5. The van der Waals surface area contributed by atoms with Gasteiger partial charge in [-0.2, -0.15) is 0 Å². The van der Waals surface area contributed by atoms with Crippen molar-refractivity contribution in [2.24, 2.45) is 0 Å². The van der Waals surface area contributed by atoms with E-state index in [0.717, 1.165) is 0 Å². The first-order valence-corrected chi connectivity index (χ1v) is 6.57. The van der Waals surface area contributed by atoms with E-state index in [9.17, 15) is 9.18 Å². The van der Waals surface area contributed by atoms with Crippen LogP contribution in [-0.2, 0) is 6.42 Å². The molecule has 0 aliphatic carbocycles. The molecule has 0 aliphatic rings. The molecule has 0 atom stereocenters. The fourth-order valence-electron chi connectivity index (χ4n) is 1.93. The molecule has 0 saturated carbocycles. The molecular formula is C16H14ClFO. The molecular weight excluding hydrogens is 263 g/mol. The first kappa shape index (κ1) is 13.8. The molecule has 2 aromatic rings. The predicted molar refractivity (Wildman–Crippen MR) is 75.1 cm³/mol. The molecule has 0 spiro atoms. The average Bonchev–Trinajstić information content (AvgIpc) is 2.42. The molecule has 0 saturated heterocycles. The van der Waals surface area contributed by atoms with Crippen LogP contribution in [0.4, 0.5) is 4.39 Å². The number of benzene rings is 2. The number of ketones is 1. The topological polar surface area (TPSA) is 17.1 Å². The van der Waals surface area contributed by atoms with Gasteiger partial charge in [-0.25, -0.2) is 4.39 Å². The minimum atomic E-state index is -0.306. The molecule has 98 valence electrons. The van der Waals surface area contributed by atoms with Gasteiger partial charge in [0.1, 0.15) is 5.82 Å². The monoisotopic (exact) mass is 276 g/mol. The molecule has 0 amide bonds. The fourth-order valence-corrected chi connectivity index (χ4v) is 2.09. The standard InChI is InChI=1S/C16H14ClFO/c17-14-10-9-12(15(18)11-14)7-4-8-16(19)13-5-2-1-3-6-13/h1-3,5-6,9-11H,4,7-8H2. The molecule has 0 bridgehead atoms. The third-order valence-corrected chi connectivity index (χ3v) is 3.20. The smallest absolute Gasteiger partial charge is 0.162 e. The van der Waals surface area contributed by atoms with E-state index in [1.165, 1.54) is 6.07 Å². The lowest BCUT2D eigenvalue weighted by Gasteiger charge is -2.04. The number of hydrogen-bond acceptors (Lipinski definition) is 1. The van der Waals surface area contributed by atoms with Crippen molar-refractivity contribution in [2.75, 3.05) is 0 Å². The second-order valence-electron chi connectivity index (χ2n) is 4.38. The van der Waals surface area contributed by atoms with Crippen molar-refractivity contribution in [1.29, 1.82) is 0 Å². The van der Waals surface area contributed by atoms with E-state index in [4.69, 9.17) is 11.6 Å². The summed E-state index contributed by atoms with van der Waals surface area (Å²) in [4.78, 5) is 11.9. The second-order valence-corrected chi connectivity index (χ2v) is 4.81. The Morgan fingerprint density at radius 3 is 2.53 bits per heavy atom. The summed E-state index contributed by atoms with van der Waals surface area (Å²) in [5.74, 6) is -0.213. The minimum absolute atomic E-state index is 0.0926. The highest BCUT2D eigenvalue weighted by atomic mass is 35.5. The summed E-state index contributed by atoms with van der Waals surface area (Å²) in [5.41, 5.74) is 1.31. The summed E-state index contributed by atoms with van der Waals surface area (Å²) < 4.78 is 13.5. The van der Waals surface area contributed by atoms with Gasteiger partial charge in [-0.1, -0.05) is 48.0 Å². The number of halogens is 2. The van der Waals surface area contributed by atoms with Crippen LogP contribution < -0.4 is 0 Å². The van der Waals surface area contributed by atoms with Crippen LogP contribution >= 0.6 is 11.6 Å². The van der Waals surface area contributed by atoms with Crippen LogP contribution in [0.2, 0.25) is 5.02 Å². The van der Waals surface area contributed by atoms with Crippen molar-refractivity contribution in [3.05, 3.63) is 70.5 Å². The Balaban J connectivity index is 1.88. The van der Waals surface area contributed by atoms with Gasteiger partial charge in [-0.15, -0.1) is 0 Å². The van der Waals surface area contributed by atoms with E-state index in [-0.39, 0.29) is 11.6 Å². The summed E-state index contributed by atoms with van der Waals surface area (Å²) in [6, 6.07) is 13.8. The maximum absolute atomic E-state index is 13.5. The summed E-state index contributed by atoms with van der Waals surface area (Å²) in [6.45, 7) is 0. The van der Waals surface area contributed by atoms with Gasteiger partial charge in [-0.05, 0) is 30.5 Å². The van der Waals surface area contributed by atoms with Crippen molar-refractivity contribution in [2.45, 2.75) is 19.3 Å². The van der Waals surface area contributed by atoms with E-state index in [0.29, 0.717) is 35.4 Å². The number of rotatable bonds is 5. The normalized spacial score (nSPS) is 10.4. The highest BCUT2D eigenvalue weighted by Gasteiger charge is 2.07.